The molecule has 0 radical (unpaired) electrons. The van der Waals surface area contributed by atoms with E-state index in [1.807, 2.05) is 34.0 Å². The van der Waals surface area contributed by atoms with Gasteiger partial charge in [0.2, 0.25) is 0 Å². The van der Waals surface area contributed by atoms with Gasteiger partial charge in [0, 0.05) is 11.8 Å². The van der Waals surface area contributed by atoms with Crippen LogP contribution in [0.15, 0.2) is 12.5 Å². The van der Waals surface area contributed by atoms with Crippen molar-refractivity contribution < 1.29 is 9.53 Å². The molecule has 5 nitrogen and oxygen atoms in total. The molecule has 0 aliphatic rings. The molecule has 20 heavy (non-hydrogen) atoms. The van der Waals surface area contributed by atoms with E-state index in [2.05, 4.69) is 28.0 Å². The number of carbonyl (C=O) groups is 1. The Labute approximate surface area is 125 Å². The van der Waals surface area contributed by atoms with Gasteiger partial charge in [-0.3, -0.25) is 0 Å². The van der Waals surface area contributed by atoms with Gasteiger partial charge in [0.25, 0.3) is 0 Å². The van der Waals surface area contributed by atoms with Crippen LogP contribution in [0.1, 0.15) is 52.4 Å². The standard InChI is InChI=1S/C14H25N3O2S/c1-10(8-20-6)17-9-15-7-12(17)11(2)16-13(18)19-14(3,4)5/h7,9-11H,8H2,1-6H3,(H,16,18). The minimum Gasteiger partial charge on any atom is -0.444 e. The monoisotopic (exact) mass is 299 g/mol. The number of hydrogen-bond donors (Lipinski definition) is 1. The molecule has 1 rings (SSSR count). The summed E-state index contributed by atoms with van der Waals surface area (Å²) in [5.74, 6) is 1.00. The first kappa shape index (κ1) is 16.9. The number of nitrogens with one attached hydrogen (secondary N) is 1. The van der Waals surface area contributed by atoms with Crippen molar-refractivity contribution in [2.45, 2.75) is 52.3 Å². The number of imidazole rings is 1. The number of alkyl carbamates (subject to hydrolysis) is 1. The molecule has 1 aromatic rings. The van der Waals surface area contributed by atoms with E-state index in [0.717, 1.165) is 11.4 Å². The van der Waals surface area contributed by atoms with Gasteiger partial charge < -0.3 is 14.6 Å². The molecule has 6 heteroatoms. The van der Waals surface area contributed by atoms with E-state index in [0.29, 0.717) is 6.04 Å². The highest BCUT2D eigenvalue weighted by Gasteiger charge is 2.20. The molecule has 0 aliphatic carbocycles. The lowest BCUT2D eigenvalue weighted by molar-refractivity contribution is 0.0506. The van der Waals surface area contributed by atoms with Crippen molar-refractivity contribution in [2.24, 2.45) is 0 Å². The van der Waals surface area contributed by atoms with Crippen molar-refractivity contribution in [3.05, 3.63) is 18.2 Å². The fourth-order valence-corrected chi connectivity index (χ4v) is 2.54. The Hall–Kier alpha value is -1.17. The van der Waals surface area contributed by atoms with E-state index in [-0.39, 0.29) is 6.04 Å². The van der Waals surface area contributed by atoms with Gasteiger partial charge in [-0.2, -0.15) is 11.8 Å². The topological polar surface area (TPSA) is 56.2 Å². The maximum Gasteiger partial charge on any atom is 0.408 e. The number of thioether (sulfide) groups is 1. The lowest BCUT2D eigenvalue weighted by atomic mass is 10.2. The molecule has 0 spiro atoms. The summed E-state index contributed by atoms with van der Waals surface area (Å²) in [6.07, 6.45) is 5.27. The minimum atomic E-state index is -0.490. The highest BCUT2D eigenvalue weighted by Crippen LogP contribution is 2.20. The Morgan fingerprint density at radius 3 is 2.70 bits per heavy atom. The fourth-order valence-electron chi connectivity index (χ4n) is 1.90. The zero-order valence-corrected chi connectivity index (χ0v) is 14.0. The van der Waals surface area contributed by atoms with Crippen LogP contribution >= 0.6 is 11.8 Å². The number of ether oxygens (including phenoxy) is 1. The maximum atomic E-state index is 11.8. The van der Waals surface area contributed by atoms with Crippen molar-refractivity contribution in [1.29, 1.82) is 0 Å². The zero-order valence-electron chi connectivity index (χ0n) is 13.1. The van der Waals surface area contributed by atoms with Crippen molar-refractivity contribution in [1.82, 2.24) is 14.9 Å². The lowest BCUT2D eigenvalue weighted by Crippen LogP contribution is -2.34. The third-order valence-corrected chi connectivity index (χ3v) is 3.57. The normalized spacial score (nSPS) is 14.7. The molecule has 0 fully saturated rings. The van der Waals surface area contributed by atoms with Crippen molar-refractivity contribution >= 4 is 17.9 Å². The van der Waals surface area contributed by atoms with E-state index < -0.39 is 11.7 Å². The number of carbonyl (C=O) groups excluding carboxylic acids is 1. The largest absolute Gasteiger partial charge is 0.444 e. The van der Waals surface area contributed by atoms with Crippen molar-refractivity contribution in [3.63, 3.8) is 0 Å². The third kappa shape index (κ3) is 5.07. The van der Waals surface area contributed by atoms with Crippen LogP contribution in [-0.4, -0.2) is 33.3 Å². The van der Waals surface area contributed by atoms with Gasteiger partial charge in [0.15, 0.2) is 0 Å². The molecule has 1 aromatic heterocycles. The summed E-state index contributed by atoms with van der Waals surface area (Å²) in [7, 11) is 0. The Morgan fingerprint density at radius 1 is 1.50 bits per heavy atom. The summed E-state index contributed by atoms with van der Waals surface area (Å²) in [5, 5.41) is 2.85. The van der Waals surface area contributed by atoms with E-state index >= 15 is 0 Å². The summed E-state index contributed by atoms with van der Waals surface area (Å²) in [6, 6.07) is 0.196. The number of amides is 1. The van der Waals surface area contributed by atoms with Crippen LogP contribution in [0.5, 0.6) is 0 Å². The Morgan fingerprint density at radius 2 is 2.15 bits per heavy atom. The zero-order chi connectivity index (χ0) is 15.3. The molecule has 2 atom stereocenters. The molecular formula is C14H25N3O2S. The second-order valence-electron chi connectivity index (χ2n) is 5.90. The highest BCUT2D eigenvalue weighted by molar-refractivity contribution is 7.98. The molecular weight excluding hydrogens is 274 g/mol. The average Bonchev–Trinajstić information content (AvgIpc) is 2.75. The molecule has 1 N–H and O–H groups in total. The number of hydrogen-bond acceptors (Lipinski definition) is 4. The first-order valence-electron chi connectivity index (χ1n) is 6.74. The summed E-state index contributed by atoms with van der Waals surface area (Å²) in [5.41, 5.74) is 0.494. The molecule has 1 amide bonds. The molecule has 0 aromatic carbocycles. The Bertz CT molecular complexity index is 440. The van der Waals surface area contributed by atoms with E-state index in [1.54, 1.807) is 18.0 Å². The van der Waals surface area contributed by atoms with E-state index in [4.69, 9.17) is 4.74 Å². The molecule has 0 aliphatic heterocycles. The van der Waals surface area contributed by atoms with Gasteiger partial charge in [-0.25, -0.2) is 9.78 Å². The van der Waals surface area contributed by atoms with Gasteiger partial charge in [0.05, 0.1) is 24.3 Å². The summed E-state index contributed by atoms with van der Waals surface area (Å²) >= 11 is 1.79. The highest BCUT2D eigenvalue weighted by atomic mass is 32.2. The molecule has 0 saturated heterocycles. The lowest BCUT2D eigenvalue weighted by Gasteiger charge is -2.23. The van der Waals surface area contributed by atoms with Crippen LogP contribution in [0.4, 0.5) is 4.79 Å². The predicted octanol–water partition coefficient (Wildman–Crippen LogP) is 3.39. The van der Waals surface area contributed by atoms with Crippen LogP contribution in [0.3, 0.4) is 0 Å². The first-order chi connectivity index (χ1) is 9.24. The quantitative estimate of drug-likeness (QED) is 0.905. The molecule has 1 heterocycles. The number of nitrogens with zero attached hydrogens (tertiary/aromatic N) is 2. The SMILES string of the molecule is CSCC(C)n1cncc1C(C)NC(=O)OC(C)(C)C. The van der Waals surface area contributed by atoms with Crippen LogP contribution in [-0.2, 0) is 4.74 Å². The molecule has 0 bridgehead atoms. The second kappa shape index (κ2) is 7.02. The van der Waals surface area contributed by atoms with E-state index in [1.165, 1.54) is 0 Å². The first-order valence-corrected chi connectivity index (χ1v) is 8.14. The number of rotatable bonds is 5. The summed E-state index contributed by atoms with van der Waals surface area (Å²) < 4.78 is 7.37. The smallest absolute Gasteiger partial charge is 0.408 e. The Balaban J connectivity index is 2.71. The fraction of sp³-hybridized carbons (Fsp3) is 0.714. The van der Waals surface area contributed by atoms with Crippen LogP contribution in [0.2, 0.25) is 0 Å². The molecule has 0 saturated carbocycles. The van der Waals surface area contributed by atoms with Gasteiger partial charge >= 0.3 is 6.09 Å². The average molecular weight is 299 g/mol. The minimum absolute atomic E-state index is 0.142. The van der Waals surface area contributed by atoms with Crippen molar-refractivity contribution in [3.8, 4) is 0 Å². The van der Waals surface area contributed by atoms with Gasteiger partial charge in [-0.1, -0.05) is 0 Å². The molecule has 2 unspecified atom stereocenters. The third-order valence-electron chi connectivity index (χ3n) is 2.76. The van der Waals surface area contributed by atoms with Crippen LogP contribution in [0, 0.1) is 0 Å². The predicted molar refractivity (Wildman–Crippen MR) is 83.1 cm³/mol. The number of aromatic nitrogens is 2. The summed E-state index contributed by atoms with van der Waals surface area (Å²) in [4.78, 5) is 16.0. The van der Waals surface area contributed by atoms with Gasteiger partial charge in [0.1, 0.15) is 5.60 Å². The van der Waals surface area contributed by atoms with Gasteiger partial charge in [-0.05, 0) is 40.9 Å². The van der Waals surface area contributed by atoms with Crippen LogP contribution in [0.25, 0.3) is 0 Å². The summed E-state index contributed by atoms with van der Waals surface area (Å²) in [6.45, 7) is 9.62. The van der Waals surface area contributed by atoms with Crippen LogP contribution < -0.4 is 5.32 Å². The Kier molecular flexibility index (Phi) is 5.92. The molecule has 114 valence electrons. The second-order valence-corrected chi connectivity index (χ2v) is 6.81. The van der Waals surface area contributed by atoms with Gasteiger partial charge in [-0.15, -0.1) is 0 Å². The van der Waals surface area contributed by atoms with E-state index in [9.17, 15) is 4.79 Å². The van der Waals surface area contributed by atoms with Crippen molar-refractivity contribution in [2.75, 3.05) is 12.0 Å². The maximum absolute atomic E-state index is 11.8.